The molecule has 3 rings (SSSR count). The molecule has 124 valence electrons. The summed E-state index contributed by atoms with van der Waals surface area (Å²) < 4.78 is 10.6. The largest absolute Gasteiger partial charge is 0.454 e. The first-order valence-corrected chi connectivity index (χ1v) is 7.90. The molecule has 0 fully saturated rings. The number of nitrogens with one attached hydrogen (secondary N) is 1. The van der Waals surface area contributed by atoms with Crippen molar-refractivity contribution < 1.29 is 19.1 Å². The first kappa shape index (κ1) is 16.1. The molecule has 1 heterocycles. The third-order valence-corrected chi connectivity index (χ3v) is 3.95. The molecule has 2 aromatic rings. The second-order valence-corrected chi connectivity index (χ2v) is 5.69. The van der Waals surface area contributed by atoms with Crippen molar-refractivity contribution in [2.24, 2.45) is 0 Å². The summed E-state index contributed by atoms with van der Waals surface area (Å²) in [5, 5.41) is 2.91. The highest BCUT2D eigenvalue weighted by Crippen LogP contribution is 2.34. The molecule has 0 saturated carbocycles. The fourth-order valence-corrected chi connectivity index (χ4v) is 2.57. The minimum Gasteiger partial charge on any atom is -0.454 e. The Balaban J connectivity index is 1.52. The minimum atomic E-state index is -0.168. The Morgan fingerprint density at radius 3 is 2.58 bits per heavy atom. The van der Waals surface area contributed by atoms with E-state index in [9.17, 15) is 9.59 Å². The summed E-state index contributed by atoms with van der Waals surface area (Å²) in [6, 6.07) is 14.4. The van der Waals surface area contributed by atoms with Crippen LogP contribution in [0.15, 0.2) is 48.5 Å². The number of ether oxygens (including phenoxy) is 2. The van der Waals surface area contributed by atoms with Gasteiger partial charge < -0.3 is 14.8 Å². The maximum absolute atomic E-state index is 12.1. The van der Waals surface area contributed by atoms with E-state index < -0.39 is 0 Å². The van der Waals surface area contributed by atoms with Gasteiger partial charge in [-0.2, -0.15) is 0 Å². The summed E-state index contributed by atoms with van der Waals surface area (Å²) in [5.41, 5.74) is 1.57. The summed E-state index contributed by atoms with van der Waals surface area (Å²) in [6.07, 6.45) is 0.367. The number of carbonyl (C=O) groups is 2. The maximum atomic E-state index is 12.1. The molecule has 5 heteroatoms. The molecule has 0 saturated heterocycles. The van der Waals surface area contributed by atoms with Crippen LogP contribution in [0.2, 0.25) is 0 Å². The first-order chi connectivity index (χ1) is 11.6. The maximum Gasteiger partial charge on any atom is 0.231 e. The fourth-order valence-electron chi connectivity index (χ4n) is 2.57. The van der Waals surface area contributed by atoms with Crippen LogP contribution < -0.4 is 14.8 Å². The van der Waals surface area contributed by atoms with Gasteiger partial charge in [-0.05, 0) is 24.6 Å². The second-order valence-electron chi connectivity index (χ2n) is 5.69. The summed E-state index contributed by atoms with van der Waals surface area (Å²) in [5.74, 6) is 1.23. The van der Waals surface area contributed by atoms with Crippen LogP contribution in [0.1, 0.15) is 41.7 Å². The second kappa shape index (κ2) is 7.17. The molecule has 1 aliphatic heterocycles. The molecule has 1 unspecified atom stereocenters. The summed E-state index contributed by atoms with van der Waals surface area (Å²) in [7, 11) is 0. The highest BCUT2D eigenvalue weighted by Gasteiger charge is 2.17. The number of carbonyl (C=O) groups excluding carboxylic acids is 2. The van der Waals surface area contributed by atoms with Crippen molar-refractivity contribution >= 4 is 11.7 Å². The molecule has 1 atom stereocenters. The molecule has 1 aliphatic rings. The molecule has 0 radical (unpaired) electrons. The number of benzene rings is 2. The number of hydrogen-bond acceptors (Lipinski definition) is 4. The van der Waals surface area contributed by atoms with Gasteiger partial charge in [-0.25, -0.2) is 0 Å². The van der Waals surface area contributed by atoms with Gasteiger partial charge in [0.2, 0.25) is 12.7 Å². The van der Waals surface area contributed by atoms with Crippen LogP contribution in [0.3, 0.4) is 0 Å². The molecule has 0 bridgehead atoms. The Hall–Kier alpha value is -2.82. The van der Waals surface area contributed by atoms with E-state index in [1.54, 1.807) is 12.1 Å². The Bertz CT molecular complexity index is 742. The van der Waals surface area contributed by atoms with Crippen molar-refractivity contribution in [2.75, 3.05) is 6.79 Å². The normalized spacial score (nSPS) is 13.4. The van der Waals surface area contributed by atoms with Crippen molar-refractivity contribution in [1.82, 2.24) is 5.32 Å². The molecule has 5 nitrogen and oxygen atoms in total. The van der Waals surface area contributed by atoms with Gasteiger partial charge in [-0.1, -0.05) is 36.4 Å². The number of ketones is 1. The average molecular weight is 325 g/mol. The number of hydrogen-bond donors (Lipinski definition) is 1. The van der Waals surface area contributed by atoms with Crippen molar-refractivity contribution in [3.05, 3.63) is 59.7 Å². The van der Waals surface area contributed by atoms with Crippen LogP contribution in [0.5, 0.6) is 11.5 Å². The number of fused-ring (bicyclic) bond motifs is 1. The smallest absolute Gasteiger partial charge is 0.231 e. The SMILES string of the molecule is CC(NC(=O)CCC(=O)c1ccccc1)c1ccc2c(c1)OCO2. The van der Waals surface area contributed by atoms with E-state index in [1.807, 2.05) is 43.3 Å². The van der Waals surface area contributed by atoms with Gasteiger partial charge in [-0.3, -0.25) is 9.59 Å². The van der Waals surface area contributed by atoms with Crippen molar-refractivity contribution in [1.29, 1.82) is 0 Å². The highest BCUT2D eigenvalue weighted by atomic mass is 16.7. The minimum absolute atomic E-state index is 0.0264. The Morgan fingerprint density at radius 2 is 1.79 bits per heavy atom. The van der Waals surface area contributed by atoms with Crippen LogP contribution in [0.25, 0.3) is 0 Å². The lowest BCUT2D eigenvalue weighted by Gasteiger charge is -2.14. The molecular formula is C19H19NO4. The van der Waals surface area contributed by atoms with Gasteiger partial charge in [0, 0.05) is 18.4 Å². The predicted molar refractivity (Wildman–Crippen MR) is 89.1 cm³/mol. The van der Waals surface area contributed by atoms with Gasteiger partial charge in [0.1, 0.15) is 0 Å². The van der Waals surface area contributed by atoms with Crippen molar-refractivity contribution in [3.8, 4) is 11.5 Å². The van der Waals surface area contributed by atoms with Crippen molar-refractivity contribution in [3.63, 3.8) is 0 Å². The summed E-state index contributed by atoms with van der Waals surface area (Å²) in [6.45, 7) is 2.12. The number of rotatable bonds is 6. The van der Waals surface area contributed by atoms with Crippen LogP contribution >= 0.6 is 0 Å². The van der Waals surface area contributed by atoms with Crippen LogP contribution in [-0.2, 0) is 4.79 Å². The fraction of sp³-hybridized carbons (Fsp3) is 0.263. The number of Topliss-reactive ketones (excluding diaryl/α,β-unsaturated/α-hetero) is 1. The molecular weight excluding hydrogens is 306 g/mol. The van der Waals surface area contributed by atoms with Gasteiger partial charge in [-0.15, -0.1) is 0 Å². The van der Waals surface area contributed by atoms with Gasteiger partial charge in [0.05, 0.1) is 6.04 Å². The molecule has 0 spiro atoms. The lowest BCUT2D eigenvalue weighted by Crippen LogP contribution is -2.26. The Kier molecular flexibility index (Phi) is 4.79. The molecule has 1 N–H and O–H groups in total. The van der Waals surface area contributed by atoms with E-state index in [0.29, 0.717) is 17.1 Å². The van der Waals surface area contributed by atoms with E-state index >= 15 is 0 Å². The molecule has 1 amide bonds. The standard InChI is InChI=1S/C19H19NO4/c1-13(15-7-9-17-18(11-15)24-12-23-17)20-19(22)10-8-16(21)14-5-3-2-4-6-14/h2-7,9,11,13H,8,10,12H2,1H3,(H,20,22). The van der Waals surface area contributed by atoms with E-state index in [2.05, 4.69) is 5.32 Å². The molecule has 2 aromatic carbocycles. The van der Waals surface area contributed by atoms with E-state index in [-0.39, 0.29) is 37.4 Å². The Labute approximate surface area is 140 Å². The van der Waals surface area contributed by atoms with E-state index in [0.717, 1.165) is 5.56 Å². The van der Waals surface area contributed by atoms with Gasteiger partial charge >= 0.3 is 0 Å². The summed E-state index contributed by atoms with van der Waals surface area (Å²) in [4.78, 5) is 24.1. The van der Waals surface area contributed by atoms with Crippen molar-refractivity contribution in [2.45, 2.75) is 25.8 Å². The lowest BCUT2D eigenvalue weighted by atomic mass is 10.1. The third kappa shape index (κ3) is 3.74. The Morgan fingerprint density at radius 1 is 1.04 bits per heavy atom. The van der Waals surface area contributed by atoms with Crippen LogP contribution in [-0.4, -0.2) is 18.5 Å². The monoisotopic (exact) mass is 325 g/mol. The quantitative estimate of drug-likeness (QED) is 0.828. The first-order valence-electron chi connectivity index (χ1n) is 7.90. The highest BCUT2D eigenvalue weighted by molar-refractivity contribution is 5.97. The average Bonchev–Trinajstić information content (AvgIpc) is 3.08. The lowest BCUT2D eigenvalue weighted by molar-refractivity contribution is -0.121. The van der Waals surface area contributed by atoms with E-state index in [4.69, 9.17) is 9.47 Å². The summed E-state index contributed by atoms with van der Waals surface area (Å²) >= 11 is 0. The van der Waals surface area contributed by atoms with Gasteiger partial charge in [0.25, 0.3) is 0 Å². The number of amides is 1. The molecule has 0 aliphatic carbocycles. The molecule has 0 aromatic heterocycles. The predicted octanol–water partition coefficient (Wildman–Crippen LogP) is 3.26. The zero-order valence-electron chi connectivity index (χ0n) is 13.5. The van der Waals surface area contributed by atoms with Gasteiger partial charge in [0.15, 0.2) is 17.3 Å². The van der Waals surface area contributed by atoms with Crippen LogP contribution in [0, 0.1) is 0 Å². The van der Waals surface area contributed by atoms with E-state index in [1.165, 1.54) is 0 Å². The zero-order valence-corrected chi connectivity index (χ0v) is 13.5. The van der Waals surface area contributed by atoms with Crippen LogP contribution in [0.4, 0.5) is 0 Å². The zero-order chi connectivity index (χ0) is 16.9. The molecule has 24 heavy (non-hydrogen) atoms. The topological polar surface area (TPSA) is 64.6 Å². The third-order valence-electron chi connectivity index (χ3n) is 3.95.